The van der Waals surface area contributed by atoms with Crippen LogP contribution in [0.15, 0.2) is 94.1 Å². The Kier molecular flexibility index (Phi) is 21.5. The van der Waals surface area contributed by atoms with Crippen LogP contribution in [0.4, 0.5) is 5.69 Å². The minimum atomic E-state index is -1.20. The molecule has 2 unspecified atom stereocenters. The molecule has 3 aliphatic rings. The van der Waals surface area contributed by atoms with Crippen molar-refractivity contribution in [2.45, 2.75) is 125 Å². The van der Waals surface area contributed by atoms with Gasteiger partial charge in [0, 0.05) is 77.3 Å². The van der Waals surface area contributed by atoms with Crippen molar-refractivity contribution >= 4 is 70.3 Å². The third-order valence-electron chi connectivity index (χ3n) is 12.7. The van der Waals surface area contributed by atoms with Gasteiger partial charge in [-0.05, 0) is 98.2 Å². The highest BCUT2D eigenvalue weighted by Gasteiger charge is 2.33. The third-order valence-corrected chi connectivity index (χ3v) is 15.6. The minimum absolute atomic E-state index is 0.0326. The Morgan fingerprint density at radius 3 is 2.13 bits per heavy atom. The van der Waals surface area contributed by atoms with Gasteiger partial charge in [-0.3, -0.25) is 24.0 Å². The van der Waals surface area contributed by atoms with Gasteiger partial charge in [0.05, 0.1) is 11.6 Å². The number of aromatic hydroxyl groups is 1. The first-order valence-electron chi connectivity index (χ1n) is 24.7. The van der Waals surface area contributed by atoms with Gasteiger partial charge in [0.2, 0.25) is 24.1 Å². The lowest BCUT2D eigenvalue weighted by Gasteiger charge is -2.19. The summed E-state index contributed by atoms with van der Waals surface area (Å²) in [6.07, 6.45) is 15.5. The maximum Gasteiger partial charge on any atom is 0.336 e. The van der Waals surface area contributed by atoms with Gasteiger partial charge in [0.1, 0.15) is 22.3 Å². The number of hydrogen-bond donors (Lipinski definition) is 7. The van der Waals surface area contributed by atoms with E-state index in [2.05, 4.69) is 21.3 Å². The van der Waals surface area contributed by atoms with Gasteiger partial charge in [-0.15, -0.1) is 11.8 Å². The second kappa shape index (κ2) is 28.1. The van der Waals surface area contributed by atoms with Gasteiger partial charge in [-0.25, -0.2) is 4.79 Å². The van der Waals surface area contributed by atoms with Gasteiger partial charge < -0.3 is 41.6 Å². The normalized spacial score (nSPS) is 15.9. The Morgan fingerprint density at radius 1 is 0.771 bits per heavy atom. The molecule has 0 radical (unpaired) electrons. The highest BCUT2D eigenvalue weighted by Crippen LogP contribution is 2.43. The number of nitrogens with two attached hydrogens (primary N) is 1. The lowest BCUT2D eigenvalue weighted by Crippen LogP contribution is -2.46. The first kappa shape index (κ1) is 53.5. The van der Waals surface area contributed by atoms with Crippen LogP contribution in [-0.2, 0) is 19.2 Å². The number of nitrogens with one attached hydrogen (secondary N) is 4. The molecule has 0 saturated carbocycles. The molecule has 2 aliphatic heterocycles. The van der Waals surface area contributed by atoms with E-state index in [0.717, 1.165) is 107 Å². The number of carboxylic acid groups (broad SMARTS) is 1. The Bertz CT molecular complexity index is 2540. The van der Waals surface area contributed by atoms with Crippen molar-refractivity contribution in [3.63, 3.8) is 0 Å². The minimum Gasteiger partial charge on any atom is -0.508 e. The van der Waals surface area contributed by atoms with E-state index in [1.165, 1.54) is 30.3 Å². The first-order valence-corrected chi connectivity index (χ1v) is 26.8. The zero-order valence-corrected chi connectivity index (χ0v) is 41.4. The van der Waals surface area contributed by atoms with E-state index in [9.17, 15) is 39.0 Å². The van der Waals surface area contributed by atoms with Crippen LogP contribution < -0.4 is 32.4 Å². The predicted molar refractivity (Wildman–Crippen MR) is 281 cm³/mol. The second-order valence-corrected chi connectivity index (χ2v) is 20.4. The summed E-state index contributed by atoms with van der Waals surface area (Å²) in [6, 6.07) is 23.2. The molecule has 3 aromatic rings. The summed E-state index contributed by atoms with van der Waals surface area (Å²) in [4.78, 5) is 74.2. The molecule has 4 atom stereocenters. The van der Waals surface area contributed by atoms with Crippen molar-refractivity contribution in [2.75, 3.05) is 29.9 Å². The Labute approximate surface area is 418 Å². The number of aromatic carboxylic acids is 1. The fourth-order valence-corrected chi connectivity index (χ4v) is 11.6. The Balaban J connectivity index is 0.829. The van der Waals surface area contributed by atoms with Crippen molar-refractivity contribution in [2.24, 2.45) is 5.73 Å². The topological polar surface area (TPSA) is 230 Å². The summed E-state index contributed by atoms with van der Waals surface area (Å²) in [5.74, 6) is 0.542. The van der Waals surface area contributed by atoms with Gasteiger partial charge in [0.25, 0.3) is 0 Å². The summed E-state index contributed by atoms with van der Waals surface area (Å²) in [5, 5.41) is 32.7. The maximum absolute atomic E-state index is 13.9. The number of hydrogen-bond acceptors (Lipinski definition) is 11. The van der Waals surface area contributed by atoms with Crippen LogP contribution in [0.1, 0.15) is 124 Å². The molecule has 374 valence electrons. The Morgan fingerprint density at radius 2 is 1.43 bits per heavy atom. The van der Waals surface area contributed by atoms with Crippen LogP contribution in [-0.4, -0.2) is 82.2 Å². The molecule has 0 spiro atoms. The van der Waals surface area contributed by atoms with E-state index in [1.54, 1.807) is 47.8 Å². The number of phenolic OH excluding ortho intramolecular Hbond substituents is 1. The summed E-state index contributed by atoms with van der Waals surface area (Å²) in [7, 11) is 0. The van der Waals surface area contributed by atoms with E-state index in [4.69, 9.17) is 10.2 Å². The molecule has 0 aromatic heterocycles. The molecule has 1 saturated heterocycles. The van der Waals surface area contributed by atoms with Gasteiger partial charge in [-0.2, -0.15) is 11.8 Å². The summed E-state index contributed by atoms with van der Waals surface area (Å²) < 4.78 is 5.95. The zero-order chi connectivity index (χ0) is 49.7. The van der Waals surface area contributed by atoms with Crippen molar-refractivity contribution in [1.82, 2.24) is 16.0 Å². The lowest BCUT2D eigenvalue weighted by molar-refractivity contribution is -0.121. The molecule has 3 aromatic carbocycles. The lowest BCUT2D eigenvalue weighted by atomic mass is 9.90. The molecular formula is C54H67N5O9S2. The summed E-state index contributed by atoms with van der Waals surface area (Å²) in [5.41, 5.74) is 8.82. The summed E-state index contributed by atoms with van der Waals surface area (Å²) >= 11 is 3.36. The average molecular weight is 994 g/mol. The fraction of sp³-hybridized carbons (Fsp3) is 0.444. The van der Waals surface area contributed by atoms with Crippen molar-refractivity contribution in [1.29, 1.82) is 0 Å². The zero-order valence-electron chi connectivity index (χ0n) is 39.8. The van der Waals surface area contributed by atoms with E-state index < -0.39 is 11.2 Å². The number of carbonyl (C=O) groups excluding carboxylic acids is 4. The third kappa shape index (κ3) is 16.1. The van der Waals surface area contributed by atoms with Crippen molar-refractivity contribution < 1.29 is 38.6 Å². The van der Waals surface area contributed by atoms with Gasteiger partial charge >= 0.3 is 5.97 Å². The number of benzene rings is 4. The molecular weight excluding hydrogens is 927 g/mol. The molecule has 16 heteroatoms. The van der Waals surface area contributed by atoms with E-state index >= 15 is 0 Å². The fourth-order valence-electron chi connectivity index (χ4n) is 8.90. The Hall–Kier alpha value is -5.84. The molecule has 14 nitrogen and oxygen atoms in total. The molecule has 2 heterocycles. The van der Waals surface area contributed by atoms with Crippen LogP contribution in [0, 0.1) is 0 Å². The standard InChI is InChI=1S/C54H67N5O9S2/c55-51-44(58-35-60)34-70-47(51)19-12-13-21-49(64)57-29-15-8-14-28-56-48(63)20-11-5-3-1-2-4-6-16-30-69-52(36-17-9-7-10-18-36)53(65)59-37-22-25-40(43(31-37)54(66)67)50-41-26-23-38(61)32-45(41)68-46-33-39(62)24-27-42(46)50/h7,9-10,17-18,22-27,31-33,35,44,47,51-52,61H,1-6,8,11-16,19-21,28-30,34,55H2,(H,56,63)(H,57,64)(H,58,60)(H,59,65)(H,66,67)/t44-,47?,51-,52?/m0/s1. The highest BCUT2D eigenvalue weighted by atomic mass is 32.2. The number of fused-ring (bicyclic) bond motifs is 2. The number of carbonyl (C=O) groups is 5. The van der Waals surface area contributed by atoms with Crippen LogP contribution in [0.25, 0.3) is 33.4 Å². The number of phenols is 1. The molecule has 1 aliphatic carbocycles. The summed E-state index contributed by atoms with van der Waals surface area (Å²) in [6.45, 7) is 1.30. The van der Waals surface area contributed by atoms with E-state index in [0.29, 0.717) is 65.4 Å². The van der Waals surface area contributed by atoms with E-state index in [1.807, 2.05) is 30.3 Å². The van der Waals surface area contributed by atoms with E-state index in [-0.39, 0.29) is 57.9 Å². The number of rotatable bonds is 30. The molecule has 70 heavy (non-hydrogen) atoms. The highest BCUT2D eigenvalue weighted by molar-refractivity contribution is 8.00. The number of amides is 4. The second-order valence-electron chi connectivity index (χ2n) is 18.0. The molecule has 6 rings (SSSR count). The maximum atomic E-state index is 13.9. The molecule has 8 N–H and O–H groups in total. The van der Waals surface area contributed by atoms with Crippen LogP contribution in [0.5, 0.6) is 5.75 Å². The molecule has 4 amide bonds. The number of unbranched alkanes of at least 4 members (excludes halogenated alkanes) is 10. The first-order chi connectivity index (χ1) is 34.0. The number of anilines is 1. The van der Waals surface area contributed by atoms with Crippen molar-refractivity contribution in [3.05, 3.63) is 106 Å². The van der Waals surface area contributed by atoms with Crippen molar-refractivity contribution in [3.8, 4) is 28.2 Å². The monoisotopic (exact) mass is 993 g/mol. The predicted octanol–water partition coefficient (Wildman–Crippen LogP) is 9.41. The van der Waals surface area contributed by atoms with Gasteiger partial charge in [-0.1, -0.05) is 81.3 Å². The van der Waals surface area contributed by atoms with Crippen LogP contribution in [0.2, 0.25) is 0 Å². The quantitative estimate of drug-likeness (QED) is 0.0130. The molecule has 1 fully saturated rings. The smallest absolute Gasteiger partial charge is 0.336 e. The van der Waals surface area contributed by atoms with Crippen LogP contribution >= 0.6 is 23.5 Å². The average Bonchev–Trinajstić information content (AvgIpc) is 3.69. The number of thioether (sulfide) groups is 2. The number of carboxylic acids is 1. The largest absolute Gasteiger partial charge is 0.508 e. The van der Waals surface area contributed by atoms with Crippen LogP contribution in [0.3, 0.4) is 0 Å². The molecule has 0 bridgehead atoms. The SMILES string of the molecule is N[C@@H]1C(CCCCC(=O)NCCCCCNC(=O)CCCCCCCCCCSC(C(=O)Nc2ccc(-c3c4ccc(=O)cc-4oc4cc(O)ccc34)c(C(=O)O)c2)c2ccccc2)SC[C@@H]1NC=O. The van der Waals surface area contributed by atoms with Gasteiger partial charge in [0.15, 0.2) is 5.43 Å².